The van der Waals surface area contributed by atoms with Crippen LogP contribution in [0.5, 0.6) is 0 Å². The second-order valence-corrected chi connectivity index (χ2v) is 3.15. The van der Waals surface area contributed by atoms with E-state index in [-0.39, 0.29) is 0 Å². The molecule has 0 saturated carbocycles. The highest BCUT2D eigenvalue weighted by Crippen LogP contribution is 2.10. The van der Waals surface area contributed by atoms with Crippen molar-refractivity contribution in [1.82, 2.24) is 0 Å². The summed E-state index contributed by atoms with van der Waals surface area (Å²) in [5.41, 5.74) is 3.70. The van der Waals surface area contributed by atoms with Crippen LogP contribution < -0.4 is 5.73 Å². The van der Waals surface area contributed by atoms with Gasteiger partial charge >= 0.3 is 11.4 Å². The Kier molecular flexibility index (Phi) is 9.41. The summed E-state index contributed by atoms with van der Waals surface area (Å²) in [7, 11) is 0. The first kappa shape index (κ1) is 16.6. The van der Waals surface area contributed by atoms with Gasteiger partial charge in [0.2, 0.25) is 0 Å². The Balaban J connectivity index is 0. The van der Waals surface area contributed by atoms with Crippen molar-refractivity contribution < 1.29 is 19.4 Å². The molecule has 0 bridgehead atoms. The number of nitrogens with two attached hydrogens (primary N) is 1. The molecule has 0 aliphatic rings. The molecule has 0 aromatic rings. The third-order valence-corrected chi connectivity index (χ3v) is 2.05. The van der Waals surface area contributed by atoms with E-state index in [4.69, 9.17) is 22.4 Å². The molecular formula is C9H18ClNO4. The minimum atomic E-state index is -1.00. The Morgan fingerprint density at radius 2 is 1.73 bits per heavy atom. The summed E-state index contributed by atoms with van der Waals surface area (Å²) in [6.07, 6.45) is 0.970. The quantitative estimate of drug-likeness (QED) is 0.732. The first-order valence-corrected chi connectivity index (χ1v) is 5.06. The predicted octanol–water partition coefficient (Wildman–Crippen LogP) is 1.97. The lowest BCUT2D eigenvalue weighted by Crippen LogP contribution is -2.46. The molecule has 15 heavy (non-hydrogen) atoms. The molecule has 0 saturated heterocycles. The fourth-order valence-electron chi connectivity index (χ4n) is 0.666. The van der Waals surface area contributed by atoms with Gasteiger partial charge in [-0.2, -0.15) is 0 Å². The number of ether oxygens (including phenoxy) is 1. The number of hydrogen-bond acceptors (Lipinski definition) is 4. The molecule has 0 aliphatic carbocycles. The summed E-state index contributed by atoms with van der Waals surface area (Å²) in [6, 6.07) is 0. The van der Waals surface area contributed by atoms with Crippen LogP contribution in [0.3, 0.4) is 0 Å². The minimum Gasteiger partial charge on any atom is -0.480 e. The Morgan fingerprint density at radius 1 is 1.33 bits per heavy atom. The Labute approximate surface area is 94.5 Å². The van der Waals surface area contributed by atoms with Crippen LogP contribution in [0, 0.1) is 0 Å². The molecule has 6 heteroatoms. The van der Waals surface area contributed by atoms with Crippen LogP contribution in [0.25, 0.3) is 0 Å². The summed E-state index contributed by atoms with van der Waals surface area (Å²) in [6.45, 7) is 5.60. The van der Waals surface area contributed by atoms with E-state index >= 15 is 0 Å². The maximum atomic E-state index is 10.4. The number of carbonyl (C=O) groups is 2. The second kappa shape index (κ2) is 8.49. The summed E-state index contributed by atoms with van der Waals surface area (Å²) in [5, 5.41) is 8.51. The van der Waals surface area contributed by atoms with Crippen LogP contribution >= 0.6 is 11.6 Å². The number of carbonyl (C=O) groups excluding carboxylic acids is 1. The summed E-state index contributed by atoms with van der Waals surface area (Å²) < 4.78 is 4.17. The zero-order valence-corrected chi connectivity index (χ0v) is 10.0. The molecule has 5 nitrogen and oxygen atoms in total. The Hall–Kier alpha value is -0.810. The van der Waals surface area contributed by atoms with Crippen molar-refractivity contribution in [2.45, 2.75) is 39.2 Å². The Morgan fingerprint density at radius 3 is 1.73 bits per heavy atom. The molecule has 0 spiro atoms. The van der Waals surface area contributed by atoms with Crippen molar-refractivity contribution in [3.05, 3.63) is 0 Å². The van der Waals surface area contributed by atoms with Crippen molar-refractivity contribution in [3.8, 4) is 0 Å². The molecule has 0 fully saturated rings. The van der Waals surface area contributed by atoms with Crippen molar-refractivity contribution in [2.24, 2.45) is 5.73 Å². The number of rotatable bonds is 4. The van der Waals surface area contributed by atoms with E-state index in [1.807, 2.05) is 0 Å². The molecule has 0 aliphatic heterocycles. The van der Waals surface area contributed by atoms with E-state index in [0.29, 0.717) is 19.4 Å². The predicted molar refractivity (Wildman–Crippen MR) is 58.0 cm³/mol. The highest BCUT2D eigenvalue weighted by Gasteiger charge is 2.28. The molecule has 0 amide bonds. The van der Waals surface area contributed by atoms with Gasteiger partial charge in [0.15, 0.2) is 0 Å². The van der Waals surface area contributed by atoms with Gasteiger partial charge in [-0.15, -0.1) is 0 Å². The lowest BCUT2D eigenvalue weighted by molar-refractivity contribution is -0.143. The second-order valence-electron chi connectivity index (χ2n) is 2.84. The Bertz CT molecular complexity index is 204. The zero-order valence-electron chi connectivity index (χ0n) is 9.25. The molecule has 0 heterocycles. The maximum Gasteiger partial charge on any atom is 0.403 e. The molecule has 0 atom stereocenters. The van der Waals surface area contributed by atoms with E-state index < -0.39 is 16.9 Å². The average molecular weight is 240 g/mol. The summed E-state index contributed by atoms with van der Waals surface area (Å²) >= 11 is 4.72. The first-order valence-electron chi connectivity index (χ1n) is 4.68. The van der Waals surface area contributed by atoms with E-state index in [1.165, 1.54) is 0 Å². The summed E-state index contributed by atoms with van der Waals surface area (Å²) in [5.74, 6) is -0.910. The smallest absolute Gasteiger partial charge is 0.403 e. The number of aliphatic carboxylic acids is 1. The lowest BCUT2D eigenvalue weighted by atomic mass is 9.95. The van der Waals surface area contributed by atoms with Crippen LogP contribution in [-0.4, -0.2) is 28.7 Å². The van der Waals surface area contributed by atoms with Crippen LogP contribution in [0.2, 0.25) is 0 Å². The van der Waals surface area contributed by atoms with E-state index in [0.717, 1.165) is 0 Å². The monoisotopic (exact) mass is 239 g/mol. The van der Waals surface area contributed by atoms with Crippen LogP contribution in [0.1, 0.15) is 33.6 Å². The fourth-order valence-corrected chi connectivity index (χ4v) is 0.775. The third-order valence-electron chi connectivity index (χ3n) is 1.95. The molecule has 90 valence electrons. The van der Waals surface area contributed by atoms with Gasteiger partial charge in [0.05, 0.1) is 6.61 Å². The molecule has 0 rings (SSSR count). The molecule has 3 N–H and O–H groups in total. The van der Waals surface area contributed by atoms with Crippen LogP contribution in [-0.2, 0) is 9.53 Å². The first-order chi connectivity index (χ1) is 6.83. The van der Waals surface area contributed by atoms with E-state index in [9.17, 15) is 9.59 Å². The molecule has 0 aromatic carbocycles. The van der Waals surface area contributed by atoms with Crippen molar-refractivity contribution in [3.63, 3.8) is 0 Å². The standard InChI is InChI=1S/C6H13NO2.C3H5ClO2/c1-3-6(7,4-2)5(8)9;1-2-6-3(4)5/h3-4,7H2,1-2H3,(H,8,9);2H2,1H3. The summed E-state index contributed by atoms with van der Waals surface area (Å²) in [4.78, 5) is 19.9. The van der Waals surface area contributed by atoms with Gasteiger partial charge < -0.3 is 15.6 Å². The SMILES string of the molecule is CCC(N)(CC)C(=O)O.CCOC(=O)Cl. The molecular weight excluding hydrogens is 222 g/mol. The van der Waals surface area contributed by atoms with E-state index in [1.54, 1.807) is 20.8 Å². The topological polar surface area (TPSA) is 89.6 Å². The van der Waals surface area contributed by atoms with Crippen LogP contribution in [0.4, 0.5) is 4.79 Å². The molecule has 0 aromatic heterocycles. The number of halogens is 1. The number of carboxylic acids is 1. The highest BCUT2D eigenvalue weighted by atomic mass is 35.5. The van der Waals surface area contributed by atoms with Gasteiger partial charge in [0.25, 0.3) is 0 Å². The van der Waals surface area contributed by atoms with Crippen molar-refractivity contribution in [1.29, 1.82) is 0 Å². The number of hydrogen-bond donors (Lipinski definition) is 2. The van der Waals surface area contributed by atoms with Gasteiger partial charge in [-0.05, 0) is 19.8 Å². The van der Waals surface area contributed by atoms with Crippen LogP contribution in [0.15, 0.2) is 0 Å². The normalized spacial score (nSPS) is 9.93. The van der Waals surface area contributed by atoms with E-state index in [2.05, 4.69) is 4.74 Å². The highest BCUT2D eigenvalue weighted by molar-refractivity contribution is 6.61. The van der Waals surface area contributed by atoms with Gasteiger partial charge in [-0.3, -0.25) is 4.79 Å². The van der Waals surface area contributed by atoms with Gasteiger partial charge in [-0.1, -0.05) is 13.8 Å². The average Bonchev–Trinajstić information content (AvgIpc) is 2.17. The number of carboxylic acid groups (broad SMARTS) is 1. The maximum absolute atomic E-state index is 10.4. The molecule has 0 unspecified atom stereocenters. The largest absolute Gasteiger partial charge is 0.480 e. The van der Waals surface area contributed by atoms with Gasteiger partial charge in [-0.25, -0.2) is 4.79 Å². The fraction of sp³-hybridized carbons (Fsp3) is 0.778. The van der Waals surface area contributed by atoms with Crippen molar-refractivity contribution in [2.75, 3.05) is 6.61 Å². The minimum absolute atomic E-state index is 0.350. The van der Waals surface area contributed by atoms with Crippen molar-refractivity contribution >= 4 is 23.0 Å². The van der Waals surface area contributed by atoms with Gasteiger partial charge in [0, 0.05) is 11.6 Å². The van der Waals surface area contributed by atoms with Gasteiger partial charge in [0.1, 0.15) is 5.54 Å². The lowest BCUT2D eigenvalue weighted by Gasteiger charge is -2.19. The third kappa shape index (κ3) is 8.20. The zero-order chi connectivity index (χ0) is 12.5. The molecule has 0 radical (unpaired) electrons.